The van der Waals surface area contributed by atoms with Gasteiger partial charge in [0.2, 0.25) is 0 Å². The second-order valence-electron chi connectivity index (χ2n) is 5.82. The number of aromatic hydroxyl groups is 1. The van der Waals surface area contributed by atoms with Gasteiger partial charge in [-0.1, -0.05) is 13.3 Å². The summed E-state index contributed by atoms with van der Waals surface area (Å²) in [7, 11) is 0. The summed E-state index contributed by atoms with van der Waals surface area (Å²) in [6.45, 7) is 2.08. The normalized spacial score (nSPS) is 10.9. The summed E-state index contributed by atoms with van der Waals surface area (Å²) in [5.74, 6) is -0.0774. The zero-order valence-corrected chi connectivity index (χ0v) is 14.5. The number of hydrogen-bond donors (Lipinski definition) is 1. The maximum Gasteiger partial charge on any atom is 0.270 e. The van der Waals surface area contributed by atoms with E-state index in [-0.39, 0.29) is 17.2 Å². The summed E-state index contributed by atoms with van der Waals surface area (Å²) >= 11 is 1.52. The second-order valence-corrected chi connectivity index (χ2v) is 6.95. The van der Waals surface area contributed by atoms with Crippen LogP contribution in [0.25, 0.3) is 10.1 Å². The number of thiophene rings is 1. The average Bonchev–Trinajstić information content (AvgIpc) is 2.97. The number of unbranched alkanes of at least 4 members (excludes halogenated alkanes) is 1. The molecule has 0 aliphatic carbocycles. The lowest BCUT2D eigenvalue weighted by atomic mass is 9.98. The Kier molecular flexibility index (Phi) is 4.81. The monoisotopic (exact) mass is 355 g/mol. The molecule has 0 atom stereocenters. The van der Waals surface area contributed by atoms with Crippen molar-refractivity contribution < 1.29 is 14.8 Å². The summed E-state index contributed by atoms with van der Waals surface area (Å²) < 4.78 is 0.874. The number of fused-ring (bicyclic) bond motifs is 1. The van der Waals surface area contributed by atoms with Crippen LogP contribution in [0.15, 0.2) is 42.5 Å². The van der Waals surface area contributed by atoms with E-state index in [1.165, 1.54) is 35.6 Å². The van der Waals surface area contributed by atoms with Gasteiger partial charge >= 0.3 is 0 Å². The van der Waals surface area contributed by atoms with E-state index in [1.54, 1.807) is 18.2 Å². The van der Waals surface area contributed by atoms with Crippen LogP contribution in [0.3, 0.4) is 0 Å². The molecule has 0 radical (unpaired) electrons. The predicted octanol–water partition coefficient (Wildman–Crippen LogP) is 5.09. The fourth-order valence-electron chi connectivity index (χ4n) is 2.77. The van der Waals surface area contributed by atoms with Gasteiger partial charge in [-0.15, -0.1) is 11.3 Å². The smallest absolute Gasteiger partial charge is 0.270 e. The van der Waals surface area contributed by atoms with Crippen LogP contribution in [0.1, 0.15) is 40.6 Å². The molecule has 6 heteroatoms. The molecular weight excluding hydrogens is 338 g/mol. The standard InChI is InChI=1S/C19H17NO4S/c1-2-3-4-17-18(19(22)12-5-8-14(21)9-6-12)15-11-13(20(23)24)7-10-16(15)25-17/h5-11,21H,2-4H2,1H3. The highest BCUT2D eigenvalue weighted by atomic mass is 32.1. The van der Waals surface area contributed by atoms with Gasteiger partial charge in [0.05, 0.1) is 4.92 Å². The van der Waals surface area contributed by atoms with Crippen LogP contribution in [-0.4, -0.2) is 15.8 Å². The molecule has 1 aromatic heterocycles. The van der Waals surface area contributed by atoms with Gasteiger partial charge in [-0.25, -0.2) is 0 Å². The van der Waals surface area contributed by atoms with E-state index in [9.17, 15) is 20.0 Å². The number of rotatable bonds is 6. The Bertz CT molecular complexity index is 944. The Morgan fingerprint density at radius 1 is 1.20 bits per heavy atom. The average molecular weight is 355 g/mol. The quantitative estimate of drug-likeness (QED) is 0.379. The third-order valence-corrected chi connectivity index (χ3v) is 5.30. The van der Waals surface area contributed by atoms with Crippen molar-refractivity contribution in [1.29, 1.82) is 0 Å². The van der Waals surface area contributed by atoms with Crippen LogP contribution >= 0.6 is 11.3 Å². The van der Waals surface area contributed by atoms with E-state index in [2.05, 4.69) is 6.92 Å². The van der Waals surface area contributed by atoms with Crippen molar-refractivity contribution in [3.63, 3.8) is 0 Å². The lowest BCUT2D eigenvalue weighted by Gasteiger charge is -2.05. The minimum absolute atomic E-state index is 0.0212. The van der Waals surface area contributed by atoms with Gasteiger partial charge in [-0.2, -0.15) is 0 Å². The molecule has 0 spiro atoms. The van der Waals surface area contributed by atoms with Crippen molar-refractivity contribution in [2.24, 2.45) is 0 Å². The highest BCUT2D eigenvalue weighted by molar-refractivity contribution is 7.19. The van der Waals surface area contributed by atoms with Crippen molar-refractivity contribution in [2.45, 2.75) is 26.2 Å². The van der Waals surface area contributed by atoms with E-state index in [4.69, 9.17) is 0 Å². The van der Waals surface area contributed by atoms with Crippen LogP contribution in [0.4, 0.5) is 5.69 Å². The third-order valence-electron chi connectivity index (χ3n) is 4.07. The topological polar surface area (TPSA) is 80.4 Å². The Hall–Kier alpha value is -2.73. The lowest BCUT2D eigenvalue weighted by Crippen LogP contribution is -2.03. The molecule has 0 aliphatic rings. The second kappa shape index (κ2) is 7.03. The minimum Gasteiger partial charge on any atom is -0.508 e. The van der Waals surface area contributed by atoms with E-state index in [1.807, 2.05) is 0 Å². The summed E-state index contributed by atoms with van der Waals surface area (Å²) in [4.78, 5) is 24.7. The van der Waals surface area contributed by atoms with Gasteiger partial charge in [0.1, 0.15) is 5.75 Å². The van der Waals surface area contributed by atoms with Gasteiger partial charge < -0.3 is 5.11 Å². The molecule has 0 saturated heterocycles. The van der Waals surface area contributed by atoms with Crippen molar-refractivity contribution in [2.75, 3.05) is 0 Å². The number of benzene rings is 2. The van der Waals surface area contributed by atoms with Crippen LogP contribution in [0.2, 0.25) is 0 Å². The molecule has 0 bridgehead atoms. The fourth-order valence-corrected chi connectivity index (χ4v) is 3.99. The number of phenolic OH excluding ortho intramolecular Hbond substituents is 1. The molecule has 3 aromatic rings. The molecule has 0 fully saturated rings. The minimum atomic E-state index is -0.447. The molecule has 0 amide bonds. The summed E-state index contributed by atoms with van der Waals surface area (Å²) in [6, 6.07) is 10.7. The number of aryl methyl sites for hydroxylation is 1. The molecule has 25 heavy (non-hydrogen) atoms. The molecule has 0 unspecified atom stereocenters. The first-order valence-electron chi connectivity index (χ1n) is 8.04. The number of nitro groups is 1. The molecule has 2 aromatic carbocycles. The first-order chi connectivity index (χ1) is 12.0. The van der Waals surface area contributed by atoms with Gasteiger partial charge in [0, 0.05) is 38.2 Å². The first-order valence-corrected chi connectivity index (χ1v) is 8.86. The number of non-ortho nitro benzene ring substituents is 1. The summed E-state index contributed by atoms with van der Waals surface area (Å²) in [5, 5.41) is 21.2. The SMILES string of the molecule is CCCCc1sc2ccc([N+](=O)[O-])cc2c1C(=O)c1ccc(O)cc1. The summed E-state index contributed by atoms with van der Waals surface area (Å²) in [5.41, 5.74) is 0.983. The van der Waals surface area contributed by atoms with E-state index >= 15 is 0 Å². The number of phenols is 1. The highest BCUT2D eigenvalue weighted by Gasteiger charge is 2.22. The largest absolute Gasteiger partial charge is 0.508 e. The Morgan fingerprint density at radius 3 is 2.56 bits per heavy atom. The van der Waals surface area contributed by atoms with E-state index < -0.39 is 4.92 Å². The Balaban J connectivity index is 2.17. The van der Waals surface area contributed by atoms with Crippen molar-refractivity contribution >= 4 is 32.9 Å². The van der Waals surface area contributed by atoms with Gasteiger partial charge in [-0.3, -0.25) is 14.9 Å². The number of ketones is 1. The molecule has 128 valence electrons. The molecule has 1 N–H and O–H groups in total. The number of carbonyl (C=O) groups excluding carboxylic acids is 1. The number of carbonyl (C=O) groups is 1. The molecular formula is C19H17NO4S. The number of nitro benzene ring substituents is 1. The third kappa shape index (κ3) is 3.39. The Labute approximate surface area is 148 Å². The molecule has 3 rings (SSSR count). The zero-order valence-electron chi connectivity index (χ0n) is 13.7. The van der Waals surface area contributed by atoms with E-state index in [0.29, 0.717) is 16.5 Å². The van der Waals surface area contributed by atoms with Crippen molar-refractivity contribution in [1.82, 2.24) is 0 Å². The molecule has 0 aliphatic heterocycles. The van der Waals surface area contributed by atoms with Crippen LogP contribution in [0, 0.1) is 10.1 Å². The maximum absolute atomic E-state index is 13.1. The predicted molar refractivity (Wildman–Crippen MR) is 98.6 cm³/mol. The lowest BCUT2D eigenvalue weighted by molar-refractivity contribution is -0.384. The zero-order chi connectivity index (χ0) is 18.0. The number of hydrogen-bond acceptors (Lipinski definition) is 5. The van der Waals surface area contributed by atoms with Gasteiger partial charge in [0.15, 0.2) is 5.78 Å². The molecule has 5 nitrogen and oxygen atoms in total. The van der Waals surface area contributed by atoms with Gasteiger partial charge in [0.25, 0.3) is 5.69 Å². The fraction of sp³-hybridized carbons (Fsp3) is 0.211. The number of nitrogens with zero attached hydrogens (tertiary/aromatic N) is 1. The van der Waals surface area contributed by atoms with Crippen LogP contribution in [-0.2, 0) is 6.42 Å². The first kappa shape index (κ1) is 17.1. The van der Waals surface area contributed by atoms with Crippen molar-refractivity contribution in [3.05, 3.63) is 68.6 Å². The van der Waals surface area contributed by atoms with E-state index in [0.717, 1.165) is 28.8 Å². The van der Waals surface area contributed by atoms with Gasteiger partial charge in [-0.05, 0) is 43.2 Å². The van der Waals surface area contributed by atoms with Crippen LogP contribution in [0.5, 0.6) is 5.75 Å². The summed E-state index contributed by atoms with van der Waals surface area (Å²) in [6.07, 6.45) is 2.72. The molecule has 1 heterocycles. The Morgan fingerprint density at radius 2 is 1.92 bits per heavy atom. The maximum atomic E-state index is 13.1. The molecule has 0 saturated carbocycles. The van der Waals surface area contributed by atoms with Crippen LogP contribution < -0.4 is 0 Å². The highest BCUT2D eigenvalue weighted by Crippen LogP contribution is 2.36. The van der Waals surface area contributed by atoms with Crippen molar-refractivity contribution in [3.8, 4) is 5.75 Å².